The molecule has 0 atom stereocenters. The van der Waals surface area contributed by atoms with Crippen LogP contribution in [-0.2, 0) is 16.6 Å². The van der Waals surface area contributed by atoms with Gasteiger partial charge >= 0.3 is 0 Å². The third-order valence-corrected chi connectivity index (χ3v) is 7.25. The highest BCUT2D eigenvalue weighted by molar-refractivity contribution is 7.93. The van der Waals surface area contributed by atoms with Crippen LogP contribution in [0.4, 0.5) is 5.00 Å². The van der Waals surface area contributed by atoms with Gasteiger partial charge in [0, 0.05) is 4.70 Å². The molecule has 4 nitrogen and oxygen atoms in total. The van der Waals surface area contributed by atoms with Crippen LogP contribution in [0.5, 0.6) is 5.75 Å². The highest BCUT2D eigenvalue weighted by atomic mass is 32.2. The number of hydrogen-bond donors (Lipinski definition) is 1. The molecule has 0 unspecified atom stereocenters. The Morgan fingerprint density at radius 3 is 2.33 bits per heavy atom. The van der Waals surface area contributed by atoms with Crippen LogP contribution in [0.2, 0.25) is 0 Å². The van der Waals surface area contributed by atoms with E-state index in [-0.39, 0.29) is 17.2 Å². The number of nitrogens with zero attached hydrogens (tertiary/aromatic N) is 1. The molecule has 1 aromatic heterocycles. The van der Waals surface area contributed by atoms with E-state index < -0.39 is 10.0 Å². The number of fused-ring (bicyclic) bond motifs is 1. The van der Waals surface area contributed by atoms with Crippen LogP contribution in [0.15, 0.2) is 89.8 Å². The predicted molar refractivity (Wildman–Crippen MR) is 110 cm³/mol. The Hall–Kier alpha value is -2.83. The van der Waals surface area contributed by atoms with E-state index in [4.69, 9.17) is 0 Å². The van der Waals surface area contributed by atoms with E-state index in [0.29, 0.717) is 10.6 Å². The first kappa shape index (κ1) is 17.6. The number of aromatic hydroxyl groups is 1. The van der Waals surface area contributed by atoms with Gasteiger partial charge in [-0.25, -0.2) is 8.42 Å². The lowest BCUT2D eigenvalue weighted by Gasteiger charge is -2.23. The molecule has 0 bridgehead atoms. The summed E-state index contributed by atoms with van der Waals surface area (Å²) < 4.78 is 29.2. The van der Waals surface area contributed by atoms with Crippen LogP contribution in [-0.4, -0.2) is 13.5 Å². The summed E-state index contributed by atoms with van der Waals surface area (Å²) in [5, 5.41) is 11.4. The number of benzene rings is 3. The van der Waals surface area contributed by atoms with E-state index in [1.807, 2.05) is 30.3 Å². The Bertz CT molecular complexity index is 1150. The largest absolute Gasteiger partial charge is 0.508 e. The quantitative estimate of drug-likeness (QED) is 0.517. The molecule has 0 aliphatic rings. The molecule has 136 valence electrons. The van der Waals surface area contributed by atoms with Crippen LogP contribution >= 0.6 is 11.3 Å². The molecule has 0 radical (unpaired) electrons. The summed E-state index contributed by atoms with van der Waals surface area (Å²) >= 11 is 1.43. The fraction of sp³-hybridized carbons (Fsp3) is 0.0476. The molecule has 0 amide bonds. The molecule has 27 heavy (non-hydrogen) atoms. The number of sulfonamides is 1. The first-order chi connectivity index (χ1) is 13.0. The smallest absolute Gasteiger partial charge is 0.265 e. The van der Waals surface area contributed by atoms with Gasteiger partial charge in [-0.2, -0.15) is 0 Å². The Morgan fingerprint density at radius 2 is 1.59 bits per heavy atom. The molecule has 1 N–H and O–H groups in total. The lowest BCUT2D eigenvalue weighted by atomic mass is 10.2. The zero-order valence-electron chi connectivity index (χ0n) is 14.3. The first-order valence-corrected chi connectivity index (χ1v) is 10.6. The average molecular weight is 396 g/mol. The van der Waals surface area contributed by atoms with Gasteiger partial charge in [-0.1, -0.05) is 48.5 Å². The van der Waals surface area contributed by atoms with E-state index in [0.717, 1.165) is 10.1 Å². The Kier molecular flexibility index (Phi) is 4.59. The average Bonchev–Trinajstić information content (AvgIpc) is 3.10. The minimum Gasteiger partial charge on any atom is -0.508 e. The highest BCUT2D eigenvalue weighted by Crippen LogP contribution is 2.36. The normalized spacial score (nSPS) is 11.6. The summed E-state index contributed by atoms with van der Waals surface area (Å²) in [6, 6.07) is 24.8. The van der Waals surface area contributed by atoms with Crippen LogP contribution in [0.1, 0.15) is 5.56 Å². The topological polar surface area (TPSA) is 57.6 Å². The maximum atomic E-state index is 13.4. The van der Waals surface area contributed by atoms with Crippen LogP contribution in [0.3, 0.4) is 0 Å². The fourth-order valence-electron chi connectivity index (χ4n) is 2.91. The molecule has 0 aliphatic carbocycles. The second-order valence-electron chi connectivity index (χ2n) is 6.12. The Balaban J connectivity index is 1.84. The lowest BCUT2D eigenvalue weighted by molar-refractivity contribution is 0.474. The summed E-state index contributed by atoms with van der Waals surface area (Å²) in [7, 11) is -3.75. The zero-order chi connectivity index (χ0) is 18.9. The SMILES string of the molecule is O=S(=O)(c1ccccc1)N(Cc1cccc(O)c1)c1cc2ccccc2s1. The summed E-state index contributed by atoms with van der Waals surface area (Å²) in [5.41, 5.74) is 0.715. The van der Waals surface area contributed by atoms with Gasteiger partial charge in [-0.3, -0.25) is 4.31 Å². The third-order valence-electron chi connectivity index (χ3n) is 4.23. The highest BCUT2D eigenvalue weighted by Gasteiger charge is 2.26. The number of anilines is 1. The molecule has 0 saturated carbocycles. The maximum Gasteiger partial charge on any atom is 0.265 e. The van der Waals surface area contributed by atoms with Crippen molar-refractivity contribution in [3.63, 3.8) is 0 Å². The van der Waals surface area contributed by atoms with E-state index in [1.165, 1.54) is 15.6 Å². The standard InChI is InChI=1S/C21H17NO3S2/c23-18-9-6-7-16(13-18)15-22(27(24,25)19-10-2-1-3-11-19)21-14-17-8-4-5-12-20(17)26-21/h1-14,23H,15H2. The molecule has 4 aromatic rings. The predicted octanol–water partition coefficient (Wildman–Crippen LogP) is 5.00. The minimum atomic E-state index is -3.75. The van der Waals surface area contributed by atoms with Crippen molar-refractivity contribution in [1.29, 1.82) is 0 Å². The molecule has 0 aliphatic heterocycles. The molecule has 4 rings (SSSR count). The lowest BCUT2D eigenvalue weighted by Crippen LogP contribution is -2.29. The van der Waals surface area contributed by atoms with E-state index in [1.54, 1.807) is 54.6 Å². The number of hydrogen-bond acceptors (Lipinski definition) is 4. The van der Waals surface area contributed by atoms with Crippen LogP contribution < -0.4 is 4.31 Å². The van der Waals surface area contributed by atoms with Gasteiger partial charge in [0.05, 0.1) is 11.4 Å². The molecular formula is C21H17NO3S2. The third kappa shape index (κ3) is 3.54. The molecule has 0 saturated heterocycles. The van der Waals surface area contributed by atoms with E-state index in [9.17, 15) is 13.5 Å². The minimum absolute atomic E-state index is 0.112. The number of rotatable bonds is 5. The second-order valence-corrected chi connectivity index (χ2v) is 9.04. The monoisotopic (exact) mass is 395 g/mol. The van der Waals surface area contributed by atoms with Gasteiger partial charge < -0.3 is 5.11 Å². The van der Waals surface area contributed by atoms with Crippen molar-refractivity contribution in [3.8, 4) is 5.75 Å². The van der Waals surface area contributed by atoms with E-state index in [2.05, 4.69) is 0 Å². The van der Waals surface area contributed by atoms with Crippen molar-refractivity contribution in [2.45, 2.75) is 11.4 Å². The fourth-order valence-corrected chi connectivity index (χ4v) is 5.65. The molecular weight excluding hydrogens is 378 g/mol. The van der Waals surface area contributed by atoms with Crippen molar-refractivity contribution in [3.05, 3.63) is 90.5 Å². The van der Waals surface area contributed by atoms with Gasteiger partial charge in [-0.05, 0) is 47.3 Å². The molecule has 0 fully saturated rings. The summed E-state index contributed by atoms with van der Waals surface area (Å²) in [6.07, 6.45) is 0. The molecule has 1 heterocycles. The summed E-state index contributed by atoms with van der Waals surface area (Å²) in [4.78, 5) is 0.239. The van der Waals surface area contributed by atoms with Crippen molar-refractivity contribution >= 4 is 36.4 Å². The van der Waals surface area contributed by atoms with Crippen molar-refractivity contribution < 1.29 is 13.5 Å². The zero-order valence-corrected chi connectivity index (χ0v) is 16.0. The van der Waals surface area contributed by atoms with Crippen molar-refractivity contribution in [1.82, 2.24) is 0 Å². The van der Waals surface area contributed by atoms with Crippen LogP contribution in [0, 0.1) is 0 Å². The van der Waals surface area contributed by atoms with E-state index >= 15 is 0 Å². The van der Waals surface area contributed by atoms with Crippen LogP contribution in [0.25, 0.3) is 10.1 Å². The first-order valence-electron chi connectivity index (χ1n) is 8.38. The van der Waals surface area contributed by atoms with Gasteiger partial charge in [-0.15, -0.1) is 11.3 Å². The van der Waals surface area contributed by atoms with Crippen molar-refractivity contribution in [2.75, 3.05) is 4.31 Å². The number of phenols is 1. The maximum absolute atomic E-state index is 13.4. The summed E-state index contributed by atoms with van der Waals surface area (Å²) in [5.74, 6) is 0.112. The number of thiophene rings is 1. The molecule has 3 aromatic carbocycles. The molecule has 6 heteroatoms. The second kappa shape index (κ2) is 7.06. The molecule has 0 spiro atoms. The van der Waals surface area contributed by atoms with Gasteiger partial charge in [0.25, 0.3) is 10.0 Å². The van der Waals surface area contributed by atoms with Crippen molar-refractivity contribution in [2.24, 2.45) is 0 Å². The van der Waals surface area contributed by atoms with Gasteiger partial charge in [0.2, 0.25) is 0 Å². The van der Waals surface area contributed by atoms with Gasteiger partial charge in [0.1, 0.15) is 10.8 Å². The number of phenolic OH excluding ortho intramolecular Hbond substituents is 1. The Morgan fingerprint density at radius 1 is 0.852 bits per heavy atom. The van der Waals surface area contributed by atoms with Gasteiger partial charge in [0.15, 0.2) is 0 Å². The summed E-state index contributed by atoms with van der Waals surface area (Å²) in [6.45, 7) is 0.137. The Labute approximate surface area is 162 Å².